The van der Waals surface area contributed by atoms with Crippen LogP contribution in [0.15, 0.2) is 17.1 Å². The van der Waals surface area contributed by atoms with Gasteiger partial charge in [0.25, 0.3) is 0 Å². The molecule has 1 saturated carbocycles. The van der Waals surface area contributed by atoms with Crippen molar-refractivity contribution in [1.29, 1.82) is 0 Å². The number of guanidine groups is 1. The van der Waals surface area contributed by atoms with E-state index in [1.807, 2.05) is 13.8 Å². The summed E-state index contributed by atoms with van der Waals surface area (Å²) in [4.78, 5) is 32.2. The quantitative estimate of drug-likeness (QED) is 0.609. The molecule has 0 spiro atoms. The van der Waals surface area contributed by atoms with Crippen LogP contribution in [0.5, 0.6) is 5.75 Å². The van der Waals surface area contributed by atoms with Gasteiger partial charge in [0.2, 0.25) is 11.8 Å². The van der Waals surface area contributed by atoms with Gasteiger partial charge in [0.1, 0.15) is 11.4 Å². The van der Waals surface area contributed by atoms with E-state index in [9.17, 15) is 18.4 Å². The van der Waals surface area contributed by atoms with Gasteiger partial charge in [-0.2, -0.15) is 0 Å². The zero-order valence-corrected chi connectivity index (χ0v) is 20.9. The summed E-state index contributed by atoms with van der Waals surface area (Å²) in [6.45, 7) is 7.70. The maximum Gasteiger partial charge on any atom is 0.231 e. The SMILES string of the molecule is COCC[C@H]([C@@H]1C[C@H]1C(=O)N[C@@H]1CC(C)(C)Oc2c(F)cc(F)cc21)N1C(=O)CC(C)(C)N=C1N. The van der Waals surface area contributed by atoms with Gasteiger partial charge >= 0.3 is 0 Å². The van der Waals surface area contributed by atoms with E-state index in [2.05, 4.69) is 10.3 Å². The van der Waals surface area contributed by atoms with Crippen LogP contribution in [0.2, 0.25) is 0 Å². The van der Waals surface area contributed by atoms with E-state index >= 15 is 0 Å². The van der Waals surface area contributed by atoms with E-state index in [1.165, 1.54) is 11.0 Å². The van der Waals surface area contributed by atoms with Crippen LogP contribution in [0.3, 0.4) is 0 Å². The van der Waals surface area contributed by atoms with Crippen LogP contribution < -0.4 is 15.8 Å². The Labute approximate surface area is 204 Å². The summed E-state index contributed by atoms with van der Waals surface area (Å²) in [6, 6.07) is 1.05. The Morgan fingerprint density at radius 1 is 1.34 bits per heavy atom. The molecule has 35 heavy (non-hydrogen) atoms. The summed E-state index contributed by atoms with van der Waals surface area (Å²) < 4.78 is 39.4. The predicted octanol–water partition coefficient (Wildman–Crippen LogP) is 3.05. The Hall–Kier alpha value is -2.75. The van der Waals surface area contributed by atoms with Gasteiger partial charge in [0.05, 0.1) is 18.0 Å². The van der Waals surface area contributed by atoms with Gasteiger partial charge in [-0.25, -0.2) is 13.8 Å². The monoisotopic (exact) mass is 492 g/mol. The molecule has 4 rings (SSSR count). The van der Waals surface area contributed by atoms with Gasteiger partial charge < -0.3 is 20.5 Å². The van der Waals surface area contributed by atoms with E-state index in [4.69, 9.17) is 15.2 Å². The van der Waals surface area contributed by atoms with Crippen LogP contribution in [-0.4, -0.2) is 53.6 Å². The molecule has 3 aliphatic rings. The molecule has 10 heteroatoms. The molecule has 3 N–H and O–H groups in total. The second-order valence-electron chi connectivity index (χ2n) is 11.0. The van der Waals surface area contributed by atoms with E-state index in [-0.39, 0.29) is 53.4 Å². The average molecular weight is 493 g/mol. The highest BCUT2D eigenvalue weighted by molar-refractivity contribution is 5.99. The number of fused-ring (bicyclic) bond motifs is 1. The van der Waals surface area contributed by atoms with Gasteiger partial charge in [-0.1, -0.05) is 0 Å². The second-order valence-corrected chi connectivity index (χ2v) is 11.0. The first kappa shape index (κ1) is 25.3. The van der Waals surface area contributed by atoms with Crippen molar-refractivity contribution < 1.29 is 27.8 Å². The summed E-state index contributed by atoms with van der Waals surface area (Å²) in [5.41, 5.74) is 5.16. The van der Waals surface area contributed by atoms with Gasteiger partial charge in [-0.15, -0.1) is 0 Å². The highest BCUT2D eigenvalue weighted by Crippen LogP contribution is 2.47. The van der Waals surface area contributed by atoms with Crippen LogP contribution in [-0.2, 0) is 14.3 Å². The molecule has 2 heterocycles. The number of aliphatic imine (C=N–C) groups is 1. The first-order valence-electron chi connectivity index (χ1n) is 12.0. The Morgan fingerprint density at radius 2 is 2.06 bits per heavy atom. The summed E-state index contributed by atoms with van der Waals surface area (Å²) in [6.07, 6.45) is 1.67. The van der Waals surface area contributed by atoms with E-state index in [0.717, 1.165) is 6.07 Å². The van der Waals surface area contributed by atoms with Crippen molar-refractivity contribution in [3.63, 3.8) is 0 Å². The normalized spacial score (nSPS) is 27.4. The predicted molar refractivity (Wildman–Crippen MR) is 126 cm³/mol. The molecule has 8 nitrogen and oxygen atoms in total. The lowest BCUT2D eigenvalue weighted by Crippen LogP contribution is -2.55. The second kappa shape index (κ2) is 9.04. The first-order valence-corrected chi connectivity index (χ1v) is 12.0. The Kier molecular flexibility index (Phi) is 6.54. The lowest BCUT2D eigenvalue weighted by molar-refractivity contribution is -0.132. The minimum Gasteiger partial charge on any atom is -0.484 e. The number of rotatable bonds is 7. The summed E-state index contributed by atoms with van der Waals surface area (Å²) in [5, 5.41) is 2.98. The van der Waals surface area contributed by atoms with Crippen molar-refractivity contribution in [2.75, 3.05) is 13.7 Å². The van der Waals surface area contributed by atoms with Gasteiger partial charge in [-0.05, 0) is 52.5 Å². The van der Waals surface area contributed by atoms with Crippen molar-refractivity contribution in [3.05, 3.63) is 29.3 Å². The fourth-order valence-corrected chi connectivity index (χ4v) is 5.33. The Balaban J connectivity index is 1.53. The van der Waals surface area contributed by atoms with Crippen molar-refractivity contribution in [3.8, 4) is 5.75 Å². The zero-order chi connectivity index (χ0) is 25.7. The fraction of sp³-hybridized carbons (Fsp3) is 0.640. The number of methoxy groups -OCH3 is 1. The molecule has 2 amide bonds. The molecule has 0 aromatic heterocycles. The summed E-state index contributed by atoms with van der Waals surface area (Å²) >= 11 is 0. The molecule has 1 aromatic rings. The number of benzene rings is 1. The third-order valence-electron chi connectivity index (χ3n) is 6.94. The number of nitrogens with one attached hydrogen (secondary N) is 1. The summed E-state index contributed by atoms with van der Waals surface area (Å²) in [7, 11) is 1.58. The van der Waals surface area contributed by atoms with Crippen molar-refractivity contribution in [1.82, 2.24) is 10.2 Å². The number of hydrogen-bond donors (Lipinski definition) is 2. The van der Waals surface area contributed by atoms with Gasteiger partial charge in [0.15, 0.2) is 17.5 Å². The maximum absolute atomic E-state index is 14.4. The third kappa shape index (κ3) is 5.27. The fourth-order valence-electron chi connectivity index (χ4n) is 5.33. The molecule has 2 aliphatic heterocycles. The number of hydrogen-bond acceptors (Lipinski definition) is 6. The first-order chi connectivity index (χ1) is 16.3. The maximum atomic E-state index is 14.4. The third-order valence-corrected chi connectivity index (χ3v) is 6.94. The molecule has 0 saturated heterocycles. The highest BCUT2D eigenvalue weighted by atomic mass is 19.1. The number of nitrogens with two attached hydrogens (primary N) is 1. The lowest BCUT2D eigenvalue weighted by atomic mass is 9.89. The van der Waals surface area contributed by atoms with Gasteiger partial charge in [-0.3, -0.25) is 14.5 Å². The topological polar surface area (TPSA) is 106 Å². The molecular weight excluding hydrogens is 458 g/mol. The highest BCUT2D eigenvalue weighted by Gasteiger charge is 2.52. The average Bonchev–Trinajstić information content (AvgIpc) is 3.50. The number of halogens is 2. The molecule has 0 unspecified atom stereocenters. The van der Waals surface area contributed by atoms with Crippen LogP contribution in [0.4, 0.5) is 8.78 Å². The molecule has 0 bridgehead atoms. The van der Waals surface area contributed by atoms with E-state index in [0.29, 0.717) is 25.9 Å². The minimum atomic E-state index is -0.794. The molecule has 1 aliphatic carbocycles. The van der Waals surface area contributed by atoms with Crippen LogP contribution in [0, 0.1) is 23.5 Å². The smallest absolute Gasteiger partial charge is 0.231 e. The van der Waals surface area contributed by atoms with Crippen molar-refractivity contribution >= 4 is 17.8 Å². The van der Waals surface area contributed by atoms with Crippen LogP contribution >= 0.6 is 0 Å². The largest absolute Gasteiger partial charge is 0.484 e. The minimum absolute atomic E-state index is 0.0382. The number of ether oxygens (including phenoxy) is 2. The van der Waals surface area contributed by atoms with Crippen molar-refractivity contribution in [2.45, 2.75) is 76.6 Å². The standard InChI is InChI=1S/C25H34F2N4O4/c1-24(2)12-20(32)31(23(28)30-24)19(6-7-34-5)14-10-15(14)22(33)29-18-11-25(3,4)35-21-16(18)8-13(26)9-17(21)27/h8-9,14-15,18-19H,6-7,10-12H2,1-5H3,(H2,28,30)(H,29,33)/t14-,15-,18-,19-/m1/s1. The van der Waals surface area contributed by atoms with Crippen molar-refractivity contribution in [2.24, 2.45) is 22.6 Å². The van der Waals surface area contributed by atoms with E-state index in [1.54, 1.807) is 21.0 Å². The Morgan fingerprint density at radius 3 is 2.71 bits per heavy atom. The Bertz CT molecular complexity index is 1060. The number of carbonyl (C=O) groups is 2. The molecule has 192 valence electrons. The zero-order valence-electron chi connectivity index (χ0n) is 20.9. The van der Waals surface area contributed by atoms with Crippen LogP contribution in [0.1, 0.15) is 65.0 Å². The molecule has 0 radical (unpaired) electrons. The van der Waals surface area contributed by atoms with Gasteiger partial charge in [0, 0.05) is 43.7 Å². The molecule has 1 aromatic carbocycles. The lowest BCUT2D eigenvalue weighted by Gasteiger charge is -2.38. The molecule has 1 fully saturated rings. The van der Waals surface area contributed by atoms with Crippen LogP contribution in [0.25, 0.3) is 0 Å². The number of nitrogens with zero attached hydrogens (tertiary/aromatic N) is 2. The number of amides is 2. The van der Waals surface area contributed by atoms with E-state index < -0.39 is 28.8 Å². The molecular formula is C25H34F2N4O4. The summed E-state index contributed by atoms with van der Waals surface area (Å²) in [5.74, 6) is -2.24. The number of carbonyl (C=O) groups excluding carboxylic acids is 2. The molecule has 4 atom stereocenters.